The van der Waals surface area contributed by atoms with Crippen molar-refractivity contribution in [3.8, 4) is 0 Å². The number of hydrogen-bond donors (Lipinski definition) is 1. The zero-order valence-corrected chi connectivity index (χ0v) is 18.8. The zero-order valence-electron chi connectivity index (χ0n) is 18.8. The SMILES string of the molecule is CC(C)(C)OC(=O)NCC1CCN(c2nc(N3CCOCC3)cc3ncccc23)CC1. The Balaban J connectivity index is 1.43. The summed E-state index contributed by atoms with van der Waals surface area (Å²) >= 11 is 0. The highest BCUT2D eigenvalue weighted by atomic mass is 16.6. The summed E-state index contributed by atoms with van der Waals surface area (Å²) in [5.74, 6) is 2.42. The van der Waals surface area contributed by atoms with Gasteiger partial charge in [-0.2, -0.15) is 0 Å². The van der Waals surface area contributed by atoms with Crippen LogP contribution < -0.4 is 15.1 Å². The minimum atomic E-state index is -0.473. The lowest BCUT2D eigenvalue weighted by atomic mass is 9.96. The highest BCUT2D eigenvalue weighted by Gasteiger charge is 2.25. The van der Waals surface area contributed by atoms with Gasteiger partial charge in [-0.05, 0) is 51.7 Å². The Morgan fingerprint density at radius 2 is 1.94 bits per heavy atom. The van der Waals surface area contributed by atoms with Crippen molar-refractivity contribution < 1.29 is 14.3 Å². The second-order valence-corrected chi connectivity index (χ2v) is 9.29. The van der Waals surface area contributed by atoms with E-state index in [1.54, 1.807) is 0 Å². The number of morpholine rings is 1. The summed E-state index contributed by atoms with van der Waals surface area (Å²) in [6.45, 7) is 11.3. The van der Waals surface area contributed by atoms with Crippen LogP contribution >= 0.6 is 0 Å². The Labute approximate surface area is 183 Å². The Bertz CT molecular complexity index is 900. The van der Waals surface area contributed by atoms with Crippen molar-refractivity contribution in [3.05, 3.63) is 24.4 Å². The first-order chi connectivity index (χ1) is 14.9. The fourth-order valence-electron chi connectivity index (χ4n) is 4.13. The third kappa shape index (κ3) is 5.55. The molecule has 2 aliphatic rings. The molecule has 8 nitrogen and oxygen atoms in total. The van der Waals surface area contributed by atoms with Crippen molar-refractivity contribution in [1.29, 1.82) is 0 Å². The Hall–Kier alpha value is -2.61. The molecule has 0 spiro atoms. The monoisotopic (exact) mass is 427 g/mol. The second kappa shape index (κ2) is 9.26. The highest BCUT2D eigenvalue weighted by molar-refractivity contribution is 5.91. The summed E-state index contributed by atoms with van der Waals surface area (Å²) in [5.41, 5.74) is 0.502. The molecule has 0 atom stereocenters. The predicted octanol–water partition coefficient (Wildman–Crippen LogP) is 3.21. The molecule has 168 valence electrons. The van der Waals surface area contributed by atoms with Crippen molar-refractivity contribution >= 4 is 28.6 Å². The largest absolute Gasteiger partial charge is 0.444 e. The quantitative estimate of drug-likeness (QED) is 0.803. The average molecular weight is 428 g/mol. The Morgan fingerprint density at radius 1 is 1.19 bits per heavy atom. The van der Waals surface area contributed by atoms with Gasteiger partial charge in [0.25, 0.3) is 0 Å². The van der Waals surface area contributed by atoms with Crippen molar-refractivity contribution in [2.75, 3.05) is 55.7 Å². The normalized spacial score (nSPS) is 18.3. The maximum Gasteiger partial charge on any atom is 0.407 e. The van der Waals surface area contributed by atoms with Crippen LogP contribution in [0.25, 0.3) is 10.9 Å². The molecule has 1 N–H and O–H groups in total. The van der Waals surface area contributed by atoms with E-state index in [1.807, 2.05) is 33.0 Å². The molecular weight excluding hydrogens is 394 g/mol. The molecule has 0 aromatic carbocycles. The van der Waals surface area contributed by atoms with Crippen LogP contribution in [0.15, 0.2) is 24.4 Å². The number of alkyl carbamates (subject to hydrolysis) is 1. The van der Waals surface area contributed by atoms with Crippen molar-refractivity contribution in [2.45, 2.75) is 39.2 Å². The van der Waals surface area contributed by atoms with Crippen LogP contribution in [0, 0.1) is 5.92 Å². The molecule has 0 bridgehead atoms. The summed E-state index contributed by atoms with van der Waals surface area (Å²) in [5, 5.41) is 4.01. The summed E-state index contributed by atoms with van der Waals surface area (Å²) in [6.07, 6.45) is 3.50. The lowest BCUT2D eigenvalue weighted by Gasteiger charge is -2.35. The third-order valence-electron chi connectivity index (χ3n) is 5.75. The molecule has 2 saturated heterocycles. The van der Waals surface area contributed by atoms with E-state index >= 15 is 0 Å². The molecule has 2 aromatic rings. The molecule has 2 aliphatic heterocycles. The van der Waals surface area contributed by atoms with Gasteiger partial charge in [-0.25, -0.2) is 9.78 Å². The van der Waals surface area contributed by atoms with E-state index in [2.05, 4.69) is 32.2 Å². The molecule has 4 rings (SSSR count). The summed E-state index contributed by atoms with van der Waals surface area (Å²) in [7, 11) is 0. The van der Waals surface area contributed by atoms with Gasteiger partial charge < -0.3 is 24.6 Å². The minimum absolute atomic E-state index is 0.341. The van der Waals surface area contributed by atoms with Gasteiger partial charge in [-0.3, -0.25) is 4.98 Å². The third-order valence-corrected chi connectivity index (χ3v) is 5.75. The number of nitrogens with zero attached hydrogens (tertiary/aromatic N) is 4. The number of ether oxygens (including phenoxy) is 2. The van der Waals surface area contributed by atoms with Gasteiger partial charge in [0.15, 0.2) is 0 Å². The number of carbonyl (C=O) groups excluding carboxylic acids is 1. The minimum Gasteiger partial charge on any atom is -0.444 e. The van der Waals surface area contributed by atoms with Crippen LogP contribution in [0.3, 0.4) is 0 Å². The molecule has 2 aromatic heterocycles. The number of amides is 1. The van der Waals surface area contributed by atoms with Gasteiger partial charge in [-0.1, -0.05) is 0 Å². The average Bonchev–Trinajstić information content (AvgIpc) is 2.77. The molecule has 31 heavy (non-hydrogen) atoms. The van der Waals surface area contributed by atoms with Crippen LogP contribution in [0.4, 0.5) is 16.4 Å². The molecule has 8 heteroatoms. The Morgan fingerprint density at radius 3 is 2.65 bits per heavy atom. The maximum absolute atomic E-state index is 11.9. The van der Waals surface area contributed by atoms with E-state index in [1.165, 1.54) is 0 Å². The first kappa shape index (κ1) is 21.6. The summed E-state index contributed by atoms with van der Waals surface area (Å²) < 4.78 is 10.8. The maximum atomic E-state index is 11.9. The van der Waals surface area contributed by atoms with Crippen molar-refractivity contribution in [1.82, 2.24) is 15.3 Å². The van der Waals surface area contributed by atoms with Crippen LogP contribution in [0.5, 0.6) is 0 Å². The zero-order chi connectivity index (χ0) is 21.8. The summed E-state index contributed by atoms with van der Waals surface area (Å²) in [6, 6.07) is 6.16. The smallest absolute Gasteiger partial charge is 0.407 e. The Kier molecular flexibility index (Phi) is 6.46. The first-order valence-electron chi connectivity index (χ1n) is 11.2. The fraction of sp³-hybridized carbons (Fsp3) is 0.609. The number of rotatable bonds is 4. The number of piperidine rings is 1. The van der Waals surface area contributed by atoms with Gasteiger partial charge in [-0.15, -0.1) is 0 Å². The van der Waals surface area contributed by atoms with Gasteiger partial charge in [0.1, 0.15) is 17.2 Å². The fourth-order valence-corrected chi connectivity index (χ4v) is 4.13. The van der Waals surface area contributed by atoms with Gasteiger partial charge in [0.2, 0.25) is 0 Å². The molecule has 2 fully saturated rings. The van der Waals surface area contributed by atoms with E-state index in [0.29, 0.717) is 12.5 Å². The predicted molar refractivity (Wildman–Crippen MR) is 122 cm³/mol. The van der Waals surface area contributed by atoms with E-state index in [0.717, 1.165) is 74.8 Å². The number of aromatic nitrogens is 2. The number of anilines is 2. The topological polar surface area (TPSA) is 79.8 Å². The number of fused-ring (bicyclic) bond motifs is 1. The van der Waals surface area contributed by atoms with Gasteiger partial charge in [0.05, 0.1) is 18.7 Å². The molecule has 0 aliphatic carbocycles. The lowest BCUT2D eigenvalue weighted by molar-refractivity contribution is 0.0517. The van der Waals surface area contributed by atoms with Crippen molar-refractivity contribution in [2.24, 2.45) is 5.92 Å². The number of hydrogen-bond acceptors (Lipinski definition) is 7. The lowest BCUT2D eigenvalue weighted by Crippen LogP contribution is -2.41. The van der Waals surface area contributed by atoms with Crippen LogP contribution in [-0.4, -0.2) is 67.6 Å². The van der Waals surface area contributed by atoms with E-state index in [-0.39, 0.29) is 6.09 Å². The van der Waals surface area contributed by atoms with Crippen molar-refractivity contribution in [3.63, 3.8) is 0 Å². The van der Waals surface area contributed by atoms with E-state index in [9.17, 15) is 4.79 Å². The molecule has 0 radical (unpaired) electrons. The molecule has 1 amide bonds. The van der Waals surface area contributed by atoms with E-state index < -0.39 is 5.60 Å². The summed E-state index contributed by atoms with van der Waals surface area (Å²) in [4.78, 5) is 26.2. The van der Waals surface area contributed by atoms with Crippen LogP contribution in [0.2, 0.25) is 0 Å². The number of nitrogens with one attached hydrogen (secondary N) is 1. The number of carbonyl (C=O) groups is 1. The van der Waals surface area contributed by atoms with Gasteiger partial charge >= 0.3 is 6.09 Å². The molecule has 0 unspecified atom stereocenters. The van der Waals surface area contributed by atoms with Crippen LogP contribution in [-0.2, 0) is 9.47 Å². The molecule has 0 saturated carbocycles. The first-order valence-corrected chi connectivity index (χ1v) is 11.2. The molecule has 4 heterocycles. The van der Waals surface area contributed by atoms with Crippen LogP contribution in [0.1, 0.15) is 33.6 Å². The van der Waals surface area contributed by atoms with Gasteiger partial charge in [0, 0.05) is 50.4 Å². The highest BCUT2D eigenvalue weighted by Crippen LogP contribution is 2.31. The second-order valence-electron chi connectivity index (χ2n) is 9.29. The number of pyridine rings is 2. The molecular formula is C23H33N5O3. The standard InChI is InChI=1S/C23H33N5O3/c1-23(2,3)31-22(29)25-16-17-6-9-28(10-7-17)21-18-5-4-8-24-19(18)15-20(26-21)27-11-13-30-14-12-27/h4-5,8,15,17H,6-7,9-14,16H2,1-3H3,(H,25,29). The van der Waals surface area contributed by atoms with E-state index in [4.69, 9.17) is 14.5 Å².